The van der Waals surface area contributed by atoms with Crippen LogP contribution < -0.4 is 0 Å². The molecule has 4 unspecified atom stereocenters. The second kappa shape index (κ2) is 20.4. The van der Waals surface area contributed by atoms with Crippen LogP contribution in [-0.2, 0) is 19.0 Å². The summed E-state index contributed by atoms with van der Waals surface area (Å²) in [7, 11) is 0. The summed E-state index contributed by atoms with van der Waals surface area (Å²) in [6.45, 7) is 7.97. The molecule has 4 atom stereocenters. The Morgan fingerprint density at radius 2 is 1.36 bits per heavy atom. The van der Waals surface area contributed by atoms with Crippen LogP contribution in [-0.4, -0.2) is 84.3 Å². The predicted molar refractivity (Wildman–Crippen MR) is 128 cm³/mol. The summed E-state index contributed by atoms with van der Waals surface area (Å²) >= 11 is 0. The first-order chi connectivity index (χ1) is 15.6. The van der Waals surface area contributed by atoms with E-state index in [0.717, 1.165) is 24.7 Å². The number of carbonyl (C=O) groups is 1. The van der Waals surface area contributed by atoms with Crippen molar-refractivity contribution in [2.45, 2.75) is 91.0 Å². The molecule has 0 aromatic heterocycles. The standard InChI is InChI=1S/C25H48O8/c1-19(2)7-5-8-20(3)9-6-10-21(4)11-12-25(30)33-18-24(29)17-32-16-23(28)15-31-14-22(27)13-26/h11,19-20,22-24,26-29H,5-10,12-18H2,1-4H3/b21-11+. The Labute approximate surface area is 199 Å². The fourth-order valence-corrected chi connectivity index (χ4v) is 3.19. The number of hydrogen-bond donors (Lipinski definition) is 4. The average molecular weight is 477 g/mol. The average Bonchev–Trinajstić information content (AvgIpc) is 2.75. The van der Waals surface area contributed by atoms with E-state index in [0.29, 0.717) is 0 Å². The third kappa shape index (κ3) is 21.3. The maximum Gasteiger partial charge on any atom is 0.309 e. The van der Waals surface area contributed by atoms with Gasteiger partial charge in [-0.3, -0.25) is 4.79 Å². The second-order valence-corrected chi connectivity index (χ2v) is 9.48. The minimum absolute atomic E-state index is 0.0646. The fourth-order valence-electron chi connectivity index (χ4n) is 3.19. The van der Waals surface area contributed by atoms with Gasteiger partial charge in [-0.1, -0.05) is 58.1 Å². The summed E-state index contributed by atoms with van der Waals surface area (Å²) in [5.74, 6) is 1.11. The van der Waals surface area contributed by atoms with Crippen molar-refractivity contribution in [1.29, 1.82) is 0 Å². The van der Waals surface area contributed by atoms with Crippen LogP contribution in [0.15, 0.2) is 11.6 Å². The number of aliphatic hydroxyl groups excluding tert-OH is 4. The van der Waals surface area contributed by atoms with Crippen molar-refractivity contribution in [3.63, 3.8) is 0 Å². The van der Waals surface area contributed by atoms with E-state index in [4.69, 9.17) is 24.4 Å². The molecule has 8 heteroatoms. The zero-order valence-corrected chi connectivity index (χ0v) is 21.1. The van der Waals surface area contributed by atoms with E-state index in [1.54, 1.807) is 0 Å². The van der Waals surface area contributed by atoms with E-state index >= 15 is 0 Å². The summed E-state index contributed by atoms with van der Waals surface area (Å²) < 4.78 is 15.3. The highest BCUT2D eigenvalue weighted by atomic mass is 16.6. The fraction of sp³-hybridized carbons (Fsp3) is 0.880. The van der Waals surface area contributed by atoms with Crippen LogP contribution in [0, 0.1) is 11.8 Å². The highest BCUT2D eigenvalue weighted by Gasteiger charge is 2.12. The Balaban J connectivity index is 3.81. The van der Waals surface area contributed by atoms with Gasteiger partial charge in [0, 0.05) is 0 Å². The van der Waals surface area contributed by atoms with Gasteiger partial charge in [-0.15, -0.1) is 0 Å². The van der Waals surface area contributed by atoms with Gasteiger partial charge in [0.2, 0.25) is 0 Å². The lowest BCUT2D eigenvalue weighted by atomic mass is 9.94. The van der Waals surface area contributed by atoms with Crippen molar-refractivity contribution < 1.29 is 39.4 Å². The summed E-state index contributed by atoms with van der Waals surface area (Å²) in [5, 5.41) is 37.3. The van der Waals surface area contributed by atoms with Gasteiger partial charge in [-0.25, -0.2) is 0 Å². The van der Waals surface area contributed by atoms with Crippen LogP contribution in [0.1, 0.15) is 72.6 Å². The molecule has 0 aliphatic heterocycles. The number of aliphatic hydroxyl groups is 4. The van der Waals surface area contributed by atoms with E-state index in [1.807, 2.05) is 13.0 Å². The molecule has 0 radical (unpaired) electrons. The minimum Gasteiger partial charge on any atom is -0.463 e. The Kier molecular flexibility index (Phi) is 19.7. The van der Waals surface area contributed by atoms with Gasteiger partial charge in [0.1, 0.15) is 24.9 Å². The quantitative estimate of drug-likeness (QED) is 0.147. The Bertz CT molecular complexity index is 509. The highest BCUT2D eigenvalue weighted by Crippen LogP contribution is 2.19. The van der Waals surface area contributed by atoms with Crippen molar-refractivity contribution in [1.82, 2.24) is 0 Å². The third-order valence-corrected chi connectivity index (χ3v) is 5.25. The lowest BCUT2D eigenvalue weighted by molar-refractivity contribution is -0.147. The van der Waals surface area contributed by atoms with Crippen LogP contribution in [0.4, 0.5) is 0 Å². The third-order valence-electron chi connectivity index (χ3n) is 5.25. The normalized spacial score (nSPS) is 16.0. The van der Waals surface area contributed by atoms with Crippen molar-refractivity contribution >= 4 is 5.97 Å². The van der Waals surface area contributed by atoms with Crippen LogP contribution in [0.5, 0.6) is 0 Å². The molecule has 0 aromatic rings. The molecule has 0 amide bonds. The summed E-state index contributed by atoms with van der Waals surface area (Å²) in [6, 6.07) is 0. The van der Waals surface area contributed by atoms with Crippen molar-refractivity contribution in [3.05, 3.63) is 11.6 Å². The number of rotatable bonds is 21. The number of esters is 1. The van der Waals surface area contributed by atoms with E-state index in [-0.39, 0.29) is 39.5 Å². The van der Waals surface area contributed by atoms with Gasteiger partial charge in [-0.2, -0.15) is 0 Å². The van der Waals surface area contributed by atoms with Gasteiger partial charge in [0.25, 0.3) is 0 Å². The van der Waals surface area contributed by atoms with E-state index in [9.17, 15) is 15.0 Å². The molecule has 0 rings (SSSR count). The number of hydrogen-bond acceptors (Lipinski definition) is 8. The molecule has 196 valence electrons. The minimum atomic E-state index is -0.986. The smallest absolute Gasteiger partial charge is 0.309 e. The maximum atomic E-state index is 11.9. The zero-order valence-electron chi connectivity index (χ0n) is 21.1. The second-order valence-electron chi connectivity index (χ2n) is 9.48. The highest BCUT2D eigenvalue weighted by molar-refractivity contribution is 5.71. The van der Waals surface area contributed by atoms with Gasteiger partial charge in [-0.05, 0) is 31.6 Å². The van der Waals surface area contributed by atoms with Crippen LogP contribution >= 0.6 is 0 Å². The Hall–Kier alpha value is -1.03. The summed E-state index contributed by atoms with van der Waals surface area (Å²) in [6.07, 6.45) is 6.33. The van der Waals surface area contributed by atoms with Crippen molar-refractivity contribution in [3.8, 4) is 0 Å². The monoisotopic (exact) mass is 476 g/mol. The topological polar surface area (TPSA) is 126 Å². The summed E-state index contributed by atoms with van der Waals surface area (Å²) in [4.78, 5) is 11.9. The van der Waals surface area contributed by atoms with E-state index in [2.05, 4.69) is 20.8 Å². The van der Waals surface area contributed by atoms with Crippen LogP contribution in [0.25, 0.3) is 0 Å². The Morgan fingerprint density at radius 1 is 0.818 bits per heavy atom. The SMILES string of the molecule is C/C(=C\CC(=O)OCC(O)COCC(O)COCC(O)CO)CCCC(C)CCCC(C)C. The molecule has 0 aliphatic rings. The lowest BCUT2D eigenvalue weighted by Crippen LogP contribution is -2.29. The van der Waals surface area contributed by atoms with Gasteiger partial charge < -0.3 is 34.6 Å². The number of allylic oxidation sites excluding steroid dienone is 1. The Morgan fingerprint density at radius 3 is 1.94 bits per heavy atom. The molecule has 0 aliphatic carbocycles. The molecule has 0 saturated carbocycles. The molecule has 0 fully saturated rings. The molecule has 0 bridgehead atoms. The largest absolute Gasteiger partial charge is 0.463 e. The predicted octanol–water partition coefficient (Wildman–Crippen LogP) is 2.61. The summed E-state index contributed by atoms with van der Waals surface area (Å²) in [5.41, 5.74) is 1.17. The molecule has 33 heavy (non-hydrogen) atoms. The van der Waals surface area contributed by atoms with Gasteiger partial charge in [0.15, 0.2) is 0 Å². The first-order valence-corrected chi connectivity index (χ1v) is 12.3. The first-order valence-electron chi connectivity index (χ1n) is 12.3. The molecular formula is C25H48O8. The van der Waals surface area contributed by atoms with E-state index in [1.165, 1.54) is 31.3 Å². The first kappa shape index (κ1) is 32.0. The lowest BCUT2D eigenvalue weighted by Gasteiger charge is -2.15. The molecule has 0 spiro atoms. The zero-order chi connectivity index (χ0) is 25.1. The molecule has 0 saturated heterocycles. The molecule has 8 nitrogen and oxygen atoms in total. The van der Waals surface area contributed by atoms with Crippen molar-refractivity contribution in [2.24, 2.45) is 11.8 Å². The molecule has 4 N–H and O–H groups in total. The molecule has 0 heterocycles. The van der Waals surface area contributed by atoms with E-state index < -0.39 is 30.9 Å². The number of ether oxygens (including phenoxy) is 3. The van der Waals surface area contributed by atoms with Crippen LogP contribution in [0.3, 0.4) is 0 Å². The van der Waals surface area contributed by atoms with Crippen LogP contribution in [0.2, 0.25) is 0 Å². The van der Waals surface area contributed by atoms with Gasteiger partial charge in [0.05, 0.1) is 39.5 Å². The maximum absolute atomic E-state index is 11.9. The molecular weight excluding hydrogens is 428 g/mol. The van der Waals surface area contributed by atoms with Gasteiger partial charge >= 0.3 is 5.97 Å². The van der Waals surface area contributed by atoms with Crippen molar-refractivity contribution in [2.75, 3.05) is 39.6 Å². The molecule has 0 aromatic carbocycles. The number of carbonyl (C=O) groups excluding carboxylic acids is 1.